The van der Waals surface area contributed by atoms with Gasteiger partial charge in [-0.05, 0) is 23.6 Å². The lowest BCUT2D eigenvalue weighted by Gasteiger charge is -2.11. The highest BCUT2D eigenvalue weighted by Gasteiger charge is 2.07. The molecule has 94 valence electrons. The van der Waals surface area contributed by atoms with Crippen LogP contribution in [0, 0.1) is 5.92 Å². The van der Waals surface area contributed by atoms with Crippen LogP contribution in [0.3, 0.4) is 0 Å². The Morgan fingerprint density at radius 1 is 1.53 bits per heavy atom. The van der Waals surface area contributed by atoms with Gasteiger partial charge in [0.25, 0.3) is 5.91 Å². The molecule has 0 bridgehead atoms. The summed E-state index contributed by atoms with van der Waals surface area (Å²) in [6.07, 6.45) is 0. The molecule has 0 aliphatic carbocycles. The van der Waals surface area contributed by atoms with E-state index in [0.29, 0.717) is 31.2 Å². The molecule has 0 aromatic heterocycles. The van der Waals surface area contributed by atoms with Crippen molar-refractivity contribution in [1.29, 1.82) is 0 Å². The van der Waals surface area contributed by atoms with Crippen molar-refractivity contribution in [3.63, 3.8) is 0 Å². The van der Waals surface area contributed by atoms with E-state index in [1.807, 2.05) is 25.1 Å². The smallest absolute Gasteiger partial charge is 0.251 e. The monoisotopic (exact) mass is 236 g/mol. The van der Waals surface area contributed by atoms with Crippen LogP contribution in [-0.4, -0.2) is 26.2 Å². The van der Waals surface area contributed by atoms with E-state index in [4.69, 9.17) is 10.5 Å². The largest absolute Gasteiger partial charge is 0.384 e. The van der Waals surface area contributed by atoms with E-state index in [2.05, 4.69) is 5.32 Å². The van der Waals surface area contributed by atoms with Gasteiger partial charge in [-0.15, -0.1) is 0 Å². The summed E-state index contributed by atoms with van der Waals surface area (Å²) in [4.78, 5) is 11.8. The molecule has 0 saturated carbocycles. The minimum atomic E-state index is -0.0664. The van der Waals surface area contributed by atoms with Crippen molar-refractivity contribution in [2.45, 2.75) is 13.5 Å². The molecule has 0 radical (unpaired) electrons. The van der Waals surface area contributed by atoms with Gasteiger partial charge in [-0.1, -0.05) is 19.1 Å². The van der Waals surface area contributed by atoms with E-state index >= 15 is 0 Å². The Bertz CT molecular complexity index is 366. The lowest BCUT2D eigenvalue weighted by Crippen LogP contribution is -2.29. The number of benzene rings is 1. The standard InChI is InChI=1S/C13H20N2O2/c1-10(9-17-2)8-15-13(16)12-5-3-4-11(6-12)7-14/h3-6,10H,7-9,14H2,1-2H3,(H,15,16). The van der Waals surface area contributed by atoms with E-state index in [1.54, 1.807) is 13.2 Å². The molecule has 1 unspecified atom stereocenters. The maximum atomic E-state index is 11.8. The fourth-order valence-corrected chi connectivity index (χ4v) is 1.55. The number of amides is 1. The van der Waals surface area contributed by atoms with Gasteiger partial charge in [0.1, 0.15) is 0 Å². The van der Waals surface area contributed by atoms with Gasteiger partial charge in [0.2, 0.25) is 0 Å². The lowest BCUT2D eigenvalue weighted by molar-refractivity contribution is 0.0934. The van der Waals surface area contributed by atoms with E-state index in [1.165, 1.54) is 0 Å². The van der Waals surface area contributed by atoms with Gasteiger partial charge in [0, 0.05) is 25.8 Å². The van der Waals surface area contributed by atoms with Crippen molar-refractivity contribution in [1.82, 2.24) is 5.32 Å². The van der Waals surface area contributed by atoms with Crippen LogP contribution in [0.15, 0.2) is 24.3 Å². The molecule has 17 heavy (non-hydrogen) atoms. The highest BCUT2D eigenvalue weighted by Crippen LogP contribution is 2.04. The molecule has 0 saturated heterocycles. The molecule has 1 aromatic rings. The number of carbonyl (C=O) groups is 1. The Balaban J connectivity index is 2.51. The van der Waals surface area contributed by atoms with Crippen LogP contribution in [0.1, 0.15) is 22.8 Å². The Morgan fingerprint density at radius 2 is 2.29 bits per heavy atom. The van der Waals surface area contributed by atoms with Crippen molar-refractivity contribution in [3.8, 4) is 0 Å². The molecule has 1 rings (SSSR count). The number of hydrogen-bond donors (Lipinski definition) is 2. The fourth-order valence-electron chi connectivity index (χ4n) is 1.55. The molecular formula is C13H20N2O2. The number of nitrogens with one attached hydrogen (secondary N) is 1. The highest BCUT2D eigenvalue weighted by atomic mass is 16.5. The molecule has 0 heterocycles. The van der Waals surface area contributed by atoms with Crippen LogP contribution in [-0.2, 0) is 11.3 Å². The second-order valence-electron chi connectivity index (χ2n) is 4.18. The number of rotatable bonds is 6. The summed E-state index contributed by atoms with van der Waals surface area (Å²) in [5.74, 6) is 0.241. The van der Waals surface area contributed by atoms with Crippen molar-refractivity contribution in [3.05, 3.63) is 35.4 Å². The number of ether oxygens (including phenoxy) is 1. The van der Waals surface area contributed by atoms with E-state index in [9.17, 15) is 4.79 Å². The minimum Gasteiger partial charge on any atom is -0.384 e. The maximum Gasteiger partial charge on any atom is 0.251 e. The molecule has 4 nitrogen and oxygen atoms in total. The van der Waals surface area contributed by atoms with Crippen LogP contribution in [0.25, 0.3) is 0 Å². The summed E-state index contributed by atoms with van der Waals surface area (Å²) >= 11 is 0. The molecule has 1 aromatic carbocycles. The van der Waals surface area contributed by atoms with Crippen molar-refractivity contribution in [2.24, 2.45) is 11.7 Å². The molecule has 0 aliphatic rings. The molecule has 0 fully saturated rings. The SMILES string of the molecule is COCC(C)CNC(=O)c1cccc(CN)c1. The first-order chi connectivity index (χ1) is 8.17. The van der Waals surface area contributed by atoms with Crippen LogP contribution in [0.5, 0.6) is 0 Å². The first-order valence-electron chi connectivity index (χ1n) is 5.73. The lowest BCUT2D eigenvalue weighted by atomic mass is 10.1. The normalized spacial score (nSPS) is 12.2. The average Bonchev–Trinajstić information content (AvgIpc) is 2.36. The first-order valence-corrected chi connectivity index (χ1v) is 5.73. The molecule has 1 atom stereocenters. The van der Waals surface area contributed by atoms with Crippen LogP contribution >= 0.6 is 0 Å². The molecule has 4 heteroatoms. The summed E-state index contributed by atoms with van der Waals surface area (Å²) in [5, 5.41) is 2.88. The van der Waals surface area contributed by atoms with Gasteiger partial charge < -0.3 is 15.8 Å². The first kappa shape index (κ1) is 13.7. The van der Waals surface area contributed by atoms with E-state index < -0.39 is 0 Å². The molecule has 0 spiro atoms. The minimum absolute atomic E-state index is 0.0664. The number of methoxy groups -OCH3 is 1. The predicted octanol–water partition coefficient (Wildman–Crippen LogP) is 1.16. The van der Waals surface area contributed by atoms with Gasteiger partial charge in [-0.25, -0.2) is 0 Å². The van der Waals surface area contributed by atoms with Crippen molar-refractivity contribution < 1.29 is 9.53 Å². The van der Waals surface area contributed by atoms with Gasteiger partial charge in [-0.3, -0.25) is 4.79 Å². The second kappa shape index (κ2) is 7.04. The summed E-state index contributed by atoms with van der Waals surface area (Å²) in [7, 11) is 1.66. The number of nitrogens with two attached hydrogens (primary N) is 1. The van der Waals surface area contributed by atoms with Crippen molar-refractivity contribution >= 4 is 5.91 Å². The third-order valence-corrected chi connectivity index (χ3v) is 2.49. The quantitative estimate of drug-likeness (QED) is 0.779. The third-order valence-electron chi connectivity index (χ3n) is 2.49. The Hall–Kier alpha value is -1.39. The van der Waals surface area contributed by atoms with Crippen LogP contribution in [0.4, 0.5) is 0 Å². The zero-order chi connectivity index (χ0) is 12.7. The summed E-state index contributed by atoms with van der Waals surface area (Å²) in [6.45, 7) is 3.73. The van der Waals surface area contributed by atoms with Crippen molar-refractivity contribution in [2.75, 3.05) is 20.3 Å². The van der Waals surface area contributed by atoms with E-state index in [0.717, 1.165) is 5.56 Å². The maximum absolute atomic E-state index is 11.8. The Kier molecular flexibility index (Phi) is 5.66. The average molecular weight is 236 g/mol. The second-order valence-corrected chi connectivity index (χ2v) is 4.18. The summed E-state index contributed by atoms with van der Waals surface area (Å²) in [6, 6.07) is 7.35. The van der Waals surface area contributed by atoms with Gasteiger partial charge in [0.05, 0.1) is 6.61 Å². The zero-order valence-corrected chi connectivity index (χ0v) is 10.4. The van der Waals surface area contributed by atoms with Gasteiger partial charge in [-0.2, -0.15) is 0 Å². The van der Waals surface area contributed by atoms with Gasteiger partial charge >= 0.3 is 0 Å². The van der Waals surface area contributed by atoms with Gasteiger partial charge in [0.15, 0.2) is 0 Å². The number of hydrogen-bond acceptors (Lipinski definition) is 3. The topological polar surface area (TPSA) is 64.3 Å². The molecule has 1 amide bonds. The zero-order valence-electron chi connectivity index (χ0n) is 10.4. The molecule has 3 N–H and O–H groups in total. The van der Waals surface area contributed by atoms with Crippen LogP contribution in [0.2, 0.25) is 0 Å². The summed E-state index contributed by atoms with van der Waals surface area (Å²) < 4.78 is 5.01. The summed E-state index contributed by atoms with van der Waals surface area (Å²) in [5.41, 5.74) is 7.14. The fraction of sp³-hybridized carbons (Fsp3) is 0.462. The number of carbonyl (C=O) groups excluding carboxylic acids is 1. The Labute approximate surface area is 102 Å². The Morgan fingerprint density at radius 3 is 2.94 bits per heavy atom. The predicted molar refractivity (Wildman–Crippen MR) is 67.7 cm³/mol. The van der Waals surface area contributed by atoms with E-state index in [-0.39, 0.29) is 5.91 Å². The molecule has 0 aliphatic heterocycles. The highest BCUT2D eigenvalue weighted by molar-refractivity contribution is 5.94. The van der Waals surface area contributed by atoms with Crippen LogP contribution < -0.4 is 11.1 Å². The molecular weight excluding hydrogens is 216 g/mol. The third kappa shape index (κ3) is 4.54.